The van der Waals surface area contributed by atoms with Gasteiger partial charge in [-0.05, 0) is 59.5 Å². The molecule has 15 heavy (non-hydrogen) atoms. The highest BCUT2D eigenvalue weighted by atomic mass is 127. The summed E-state index contributed by atoms with van der Waals surface area (Å²) in [6.07, 6.45) is 1.91. The molecular formula is C10H10ClIO2S. The zero-order valence-corrected chi connectivity index (χ0v) is 11.6. The van der Waals surface area contributed by atoms with E-state index in [4.69, 9.17) is 10.7 Å². The van der Waals surface area contributed by atoms with Gasteiger partial charge in [0, 0.05) is 14.3 Å². The highest BCUT2D eigenvalue weighted by Crippen LogP contribution is 2.48. The van der Waals surface area contributed by atoms with Crippen molar-refractivity contribution in [3.8, 4) is 0 Å². The Kier molecular flexibility index (Phi) is 3.03. The Labute approximate surface area is 108 Å². The normalized spacial score (nSPS) is 18.8. The zero-order valence-electron chi connectivity index (χ0n) is 7.91. The maximum atomic E-state index is 11.4. The Morgan fingerprint density at radius 1 is 1.27 bits per heavy atom. The van der Waals surface area contributed by atoms with Crippen molar-refractivity contribution in [2.45, 2.75) is 24.0 Å². The van der Waals surface area contributed by atoms with Crippen LogP contribution in [-0.4, -0.2) is 13.2 Å². The van der Waals surface area contributed by atoms with Crippen molar-refractivity contribution in [2.24, 2.45) is 0 Å². The van der Waals surface area contributed by atoms with E-state index in [0.29, 0.717) is 19.3 Å². The molecule has 0 radical (unpaired) electrons. The van der Waals surface area contributed by atoms with Gasteiger partial charge in [-0.3, -0.25) is 0 Å². The van der Waals surface area contributed by atoms with Crippen molar-refractivity contribution in [1.82, 2.24) is 0 Å². The Hall–Kier alpha value is 0.190. The van der Waals surface area contributed by atoms with Crippen LogP contribution in [0.15, 0.2) is 24.3 Å². The molecule has 0 heterocycles. The van der Waals surface area contributed by atoms with Crippen LogP contribution >= 0.6 is 33.3 Å². The molecule has 0 aliphatic heterocycles. The Morgan fingerprint density at radius 2 is 1.80 bits per heavy atom. The SMILES string of the molecule is O=S(=O)(Cl)C1(Cc2ccc(I)cc2)CC1. The zero-order chi connectivity index (χ0) is 11.1. The molecule has 0 unspecified atom stereocenters. The van der Waals surface area contributed by atoms with Crippen molar-refractivity contribution in [3.05, 3.63) is 33.4 Å². The van der Waals surface area contributed by atoms with Gasteiger partial charge in [0.1, 0.15) is 0 Å². The highest BCUT2D eigenvalue weighted by Gasteiger charge is 2.53. The topological polar surface area (TPSA) is 34.1 Å². The number of hydrogen-bond acceptors (Lipinski definition) is 2. The molecule has 0 atom stereocenters. The van der Waals surface area contributed by atoms with E-state index < -0.39 is 13.8 Å². The van der Waals surface area contributed by atoms with E-state index in [1.807, 2.05) is 24.3 Å². The molecule has 0 saturated heterocycles. The molecule has 0 amide bonds. The third kappa shape index (κ3) is 2.47. The number of benzene rings is 1. The fourth-order valence-corrected chi connectivity index (χ4v) is 3.54. The summed E-state index contributed by atoms with van der Waals surface area (Å²) in [5.41, 5.74) is 1.04. The summed E-state index contributed by atoms with van der Waals surface area (Å²) in [6, 6.07) is 7.88. The molecule has 1 aliphatic carbocycles. The maximum absolute atomic E-state index is 11.4. The van der Waals surface area contributed by atoms with E-state index in [2.05, 4.69) is 22.6 Å². The molecule has 0 N–H and O–H groups in total. The first-order chi connectivity index (χ1) is 6.93. The molecule has 2 nitrogen and oxygen atoms in total. The Balaban J connectivity index is 2.20. The van der Waals surface area contributed by atoms with E-state index >= 15 is 0 Å². The van der Waals surface area contributed by atoms with E-state index in [-0.39, 0.29) is 0 Å². The third-order valence-corrected chi connectivity index (χ3v) is 6.05. The molecular weight excluding hydrogens is 347 g/mol. The molecule has 5 heteroatoms. The lowest BCUT2D eigenvalue weighted by Crippen LogP contribution is -2.20. The minimum Gasteiger partial charge on any atom is -0.212 e. The van der Waals surface area contributed by atoms with Crippen molar-refractivity contribution in [2.75, 3.05) is 0 Å². The minimum absolute atomic E-state index is 0.537. The summed E-state index contributed by atoms with van der Waals surface area (Å²) in [5.74, 6) is 0. The fraction of sp³-hybridized carbons (Fsp3) is 0.400. The van der Waals surface area contributed by atoms with Crippen LogP contribution < -0.4 is 0 Å². The summed E-state index contributed by atoms with van der Waals surface area (Å²) in [5, 5.41) is 0. The van der Waals surface area contributed by atoms with Crippen LogP contribution in [0.3, 0.4) is 0 Å². The lowest BCUT2D eigenvalue weighted by atomic mass is 10.1. The summed E-state index contributed by atoms with van der Waals surface area (Å²) in [7, 11) is 2.01. The van der Waals surface area contributed by atoms with Crippen LogP contribution in [0.1, 0.15) is 18.4 Å². The first-order valence-corrected chi connectivity index (χ1v) is 8.00. The molecule has 1 aromatic rings. The second kappa shape index (κ2) is 3.89. The number of halogens is 2. The smallest absolute Gasteiger partial charge is 0.212 e. The molecule has 1 aliphatic rings. The molecule has 0 spiro atoms. The average Bonchev–Trinajstić information content (AvgIpc) is 2.89. The predicted molar refractivity (Wildman–Crippen MR) is 69.6 cm³/mol. The summed E-state index contributed by atoms with van der Waals surface area (Å²) in [4.78, 5) is 0. The van der Waals surface area contributed by atoms with Crippen molar-refractivity contribution in [1.29, 1.82) is 0 Å². The summed E-state index contributed by atoms with van der Waals surface area (Å²) < 4.78 is 23.2. The number of hydrogen-bond donors (Lipinski definition) is 0. The van der Waals surface area contributed by atoms with E-state index in [1.54, 1.807) is 0 Å². The monoisotopic (exact) mass is 356 g/mol. The van der Waals surface area contributed by atoms with Crippen molar-refractivity contribution >= 4 is 42.3 Å². The predicted octanol–water partition coefficient (Wildman–Crippen LogP) is 2.93. The molecule has 2 rings (SSSR count). The third-order valence-electron chi connectivity index (χ3n) is 2.76. The largest absolute Gasteiger partial charge is 0.238 e. The van der Waals surface area contributed by atoms with Crippen LogP contribution in [-0.2, 0) is 15.5 Å². The molecule has 0 aromatic heterocycles. The molecule has 1 aromatic carbocycles. The van der Waals surface area contributed by atoms with Gasteiger partial charge in [-0.15, -0.1) is 0 Å². The Bertz CT molecular complexity index is 463. The van der Waals surface area contributed by atoms with E-state index in [0.717, 1.165) is 9.13 Å². The van der Waals surface area contributed by atoms with Gasteiger partial charge in [-0.25, -0.2) is 8.42 Å². The highest BCUT2D eigenvalue weighted by molar-refractivity contribution is 14.1. The van der Waals surface area contributed by atoms with Gasteiger partial charge in [-0.1, -0.05) is 12.1 Å². The van der Waals surface area contributed by atoms with Crippen LogP contribution in [0.25, 0.3) is 0 Å². The van der Waals surface area contributed by atoms with Gasteiger partial charge >= 0.3 is 0 Å². The number of rotatable bonds is 3. The van der Waals surface area contributed by atoms with Crippen LogP contribution in [0.4, 0.5) is 0 Å². The van der Waals surface area contributed by atoms with Crippen LogP contribution in [0, 0.1) is 3.57 Å². The van der Waals surface area contributed by atoms with Gasteiger partial charge in [0.2, 0.25) is 9.05 Å². The van der Waals surface area contributed by atoms with E-state index in [9.17, 15) is 8.42 Å². The van der Waals surface area contributed by atoms with E-state index in [1.165, 1.54) is 0 Å². The molecule has 1 saturated carbocycles. The van der Waals surface area contributed by atoms with Crippen LogP contribution in [0.5, 0.6) is 0 Å². The van der Waals surface area contributed by atoms with Crippen LogP contribution in [0.2, 0.25) is 0 Å². The lowest BCUT2D eigenvalue weighted by molar-refractivity contribution is 0.590. The van der Waals surface area contributed by atoms with Crippen molar-refractivity contribution in [3.63, 3.8) is 0 Å². The first kappa shape index (κ1) is 11.7. The molecule has 1 fully saturated rings. The van der Waals surface area contributed by atoms with Gasteiger partial charge in [0.05, 0.1) is 4.75 Å². The van der Waals surface area contributed by atoms with Gasteiger partial charge in [-0.2, -0.15) is 0 Å². The Morgan fingerprint density at radius 3 is 2.20 bits per heavy atom. The van der Waals surface area contributed by atoms with Gasteiger partial charge in [0.25, 0.3) is 0 Å². The average molecular weight is 357 g/mol. The first-order valence-electron chi connectivity index (χ1n) is 4.62. The fourth-order valence-electron chi connectivity index (χ4n) is 1.62. The quantitative estimate of drug-likeness (QED) is 0.616. The maximum Gasteiger partial charge on any atom is 0.238 e. The molecule has 0 bridgehead atoms. The second-order valence-electron chi connectivity index (χ2n) is 3.92. The lowest BCUT2D eigenvalue weighted by Gasteiger charge is -2.10. The second-order valence-corrected chi connectivity index (χ2v) is 8.13. The van der Waals surface area contributed by atoms with Gasteiger partial charge in [0.15, 0.2) is 0 Å². The van der Waals surface area contributed by atoms with Crippen molar-refractivity contribution < 1.29 is 8.42 Å². The summed E-state index contributed by atoms with van der Waals surface area (Å²) >= 11 is 2.22. The minimum atomic E-state index is -3.43. The molecule has 82 valence electrons. The standard InChI is InChI=1S/C10H10ClIO2S/c11-15(13,14)10(5-6-10)7-8-1-3-9(12)4-2-8/h1-4H,5-7H2. The summed E-state index contributed by atoms with van der Waals surface area (Å²) in [6.45, 7) is 0. The van der Waals surface area contributed by atoms with Gasteiger partial charge < -0.3 is 0 Å².